The molecule has 1 saturated heterocycles. The van der Waals surface area contributed by atoms with E-state index in [0.29, 0.717) is 23.3 Å². The first-order valence-electron chi connectivity index (χ1n) is 9.94. The number of phenols is 2. The lowest BCUT2D eigenvalue weighted by Crippen LogP contribution is -2.25. The number of aryl methyl sites for hydroxylation is 1. The van der Waals surface area contributed by atoms with Crippen LogP contribution in [-0.4, -0.2) is 35.3 Å². The molecular weight excluding hydrogens is 356 g/mol. The van der Waals surface area contributed by atoms with Crippen LogP contribution >= 0.6 is 0 Å². The molecule has 0 radical (unpaired) electrons. The van der Waals surface area contributed by atoms with Crippen LogP contribution in [0.3, 0.4) is 0 Å². The standard InChI is InChI=1S/C23H28O5/c1-23(2)27-19-7-5-4-6-14-11-17(22(25)21(13-14)26-3)16-10-15(8-9-18(16)24)12-20(19)28-23/h8-11,13,19-20,24-25H,4-7,12H2,1-3H3. The Bertz CT molecular complexity index is 874. The Balaban J connectivity index is 1.80. The van der Waals surface area contributed by atoms with E-state index in [0.717, 1.165) is 36.8 Å². The summed E-state index contributed by atoms with van der Waals surface area (Å²) in [7, 11) is 1.55. The number of rotatable bonds is 1. The topological polar surface area (TPSA) is 68.2 Å². The minimum Gasteiger partial charge on any atom is -0.507 e. The number of phenolic OH excluding ortho intramolecular Hbond substituents is 2. The molecule has 2 unspecified atom stereocenters. The van der Waals surface area contributed by atoms with E-state index in [2.05, 4.69) is 0 Å². The molecule has 0 aromatic heterocycles. The summed E-state index contributed by atoms with van der Waals surface area (Å²) >= 11 is 0. The van der Waals surface area contributed by atoms with Gasteiger partial charge in [-0.2, -0.15) is 0 Å². The van der Waals surface area contributed by atoms with E-state index in [1.165, 1.54) is 0 Å². The molecule has 2 N–H and O–H groups in total. The Hall–Kier alpha value is -2.24. The summed E-state index contributed by atoms with van der Waals surface area (Å²) in [5.74, 6) is 0.0290. The number of hydrogen-bond donors (Lipinski definition) is 2. The van der Waals surface area contributed by atoms with E-state index >= 15 is 0 Å². The van der Waals surface area contributed by atoms with Crippen LogP contribution in [0.2, 0.25) is 0 Å². The van der Waals surface area contributed by atoms with Gasteiger partial charge in [0.1, 0.15) is 5.75 Å². The van der Waals surface area contributed by atoms with Gasteiger partial charge in [0.2, 0.25) is 0 Å². The molecule has 0 saturated carbocycles. The Morgan fingerprint density at radius 3 is 2.50 bits per heavy atom. The van der Waals surface area contributed by atoms with Crippen LogP contribution in [0.4, 0.5) is 0 Å². The van der Waals surface area contributed by atoms with Crippen LogP contribution in [-0.2, 0) is 22.3 Å². The fourth-order valence-corrected chi connectivity index (χ4v) is 4.33. The lowest BCUT2D eigenvalue weighted by molar-refractivity contribution is -0.146. The molecule has 28 heavy (non-hydrogen) atoms. The van der Waals surface area contributed by atoms with Crippen molar-refractivity contribution in [1.29, 1.82) is 0 Å². The Morgan fingerprint density at radius 2 is 1.71 bits per heavy atom. The normalized spacial score (nSPS) is 23.8. The van der Waals surface area contributed by atoms with Crippen LogP contribution < -0.4 is 4.74 Å². The number of fused-ring (bicyclic) bond motifs is 6. The molecule has 4 bridgehead atoms. The molecule has 150 valence electrons. The lowest BCUT2D eigenvalue weighted by atomic mass is 9.95. The van der Waals surface area contributed by atoms with Gasteiger partial charge in [0.25, 0.3) is 0 Å². The summed E-state index contributed by atoms with van der Waals surface area (Å²) in [6.07, 6.45) is 4.57. The molecule has 5 heteroatoms. The molecule has 1 aliphatic heterocycles. The van der Waals surface area contributed by atoms with E-state index in [4.69, 9.17) is 14.2 Å². The van der Waals surface area contributed by atoms with Crippen LogP contribution in [0.5, 0.6) is 17.2 Å². The number of methoxy groups -OCH3 is 1. The molecule has 1 fully saturated rings. The Morgan fingerprint density at radius 1 is 0.964 bits per heavy atom. The van der Waals surface area contributed by atoms with Crippen molar-refractivity contribution >= 4 is 0 Å². The van der Waals surface area contributed by atoms with E-state index in [9.17, 15) is 10.2 Å². The smallest absolute Gasteiger partial charge is 0.165 e. The van der Waals surface area contributed by atoms with Crippen LogP contribution in [0.1, 0.15) is 44.2 Å². The highest BCUT2D eigenvalue weighted by Crippen LogP contribution is 2.43. The minimum atomic E-state index is -0.581. The Kier molecular flexibility index (Phi) is 4.98. The third kappa shape index (κ3) is 3.69. The molecule has 0 amide bonds. The maximum atomic E-state index is 10.7. The number of aromatic hydroxyl groups is 2. The van der Waals surface area contributed by atoms with Gasteiger partial charge in [0, 0.05) is 17.5 Å². The fourth-order valence-electron chi connectivity index (χ4n) is 4.33. The monoisotopic (exact) mass is 384 g/mol. The zero-order chi connectivity index (χ0) is 19.9. The summed E-state index contributed by atoms with van der Waals surface area (Å²) < 4.78 is 17.7. The predicted molar refractivity (Wildman–Crippen MR) is 107 cm³/mol. The zero-order valence-electron chi connectivity index (χ0n) is 16.7. The predicted octanol–water partition coefficient (Wildman–Crippen LogP) is 4.56. The lowest BCUT2D eigenvalue weighted by Gasteiger charge is -2.18. The molecular formula is C23H28O5. The van der Waals surface area contributed by atoms with E-state index in [1.807, 2.05) is 38.1 Å². The molecule has 0 spiro atoms. The summed E-state index contributed by atoms with van der Waals surface area (Å²) in [6, 6.07) is 9.34. The van der Waals surface area contributed by atoms with E-state index in [1.54, 1.807) is 13.2 Å². The van der Waals surface area contributed by atoms with Crippen molar-refractivity contribution in [3.8, 4) is 28.4 Å². The van der Waals surface area contributed by atoms with E-state index in [-0.39, 0.29) is 23.7 Å². The van der Waals surface area contributed by atoms with Gasteiger partial charge in [-0.25, -0.2) is 0 Å². The van der Waals surface area contributed by atoms with Crippen LogP contribution in [0.15, 0.2) is 30.3 Å². The summed E-state index contributed by atoms with van der Waals surface area (Å²) in [5, 5.41) is 21.2. The van der Waals surface area contributed by atoms with Gasteiger partial charge >= 0.3 is 0 Å². The van der Waals surface area contributed by atoms with Crippen molar-refractivity contribution in [2.75, 3.05) is 7.11 Å². The second-order valence-corrected chi connectivity index (χ2v) is 8.21. The third-order valence-corrected chi connectivity index (χ3v) is 5.63. The maximum absolute atomic E-state index is 10.7. The number of benzene rings is 2. The fraction of sp³-hybridized carbons (Fsp3) is 0.478. The van der Waals surface area contributed by atoms with Crippen LogP contribution in [0, 0.1) is 0 Å². The highest BCUT2D eigenvalue weighted by atomic mass is 16.7. The van der Waals surface area contributed by atoms with Crippen molar-refractivity contribution < 1.29 is 24.4 Å². The van der Waals surface area contributed by atoms with Crippen molar-refractivity contribution in [2.24, 2.45) is 0 Å². The first kappa shape index (κ1) is 19.1. The Labute approximate surface area is 165 Å². The third-order valence-electron chi connectivity index (χ3n) is 5.63. The summed E-state index contributed by atoms with van der Waals surface area (Å²) in [5.41, 5.74) is 3.30. The van der Waals surface area contributed by atoms with Crippen molar-refractivity contribution in [1.82, 2.24) is 0 Å². The second kappa shape index (κ2) is 7.30. The summed E-state index contributed by atoms with van der Waals surface area (Å²) in [6.45, 7) is 3.92. The van der Waals surface area contributed by atoms with Gasteiger partial charge < -0.3 is 24.4 Å². The van der Waals surface area contributed by atoms with Crippen LogP contribution in [0.25, 0.3) is 11.1 Å². The SMILES string of the molecule is COc1cc2cc(c1O)-c1cc(ccc1O)CC1OC(C)(C)OC1CCCC2. The van der Waals surface area contributed by atoms with Gasteiger partial charge in [-0.1, -0.05) is 12.5 Å². The van der Waals surface area contributed by atoms with Gasteiger partial charge in [0.05, 0.1) is 19.3 Å². The summed E-state index contributed by atoms with van der Waals surface area (Å²) in [4.78, 5) is 0. The first-order valence-corrected chi connectivity index (χ1v) is 9.94. The quantitative estimate of drug-likeness (QED) is 0.754. The molecule has 2 aromatic carbocycles. The maximum Gasteiger partial charge on any atom is 0.165 e. The van der Waals surface area contributed by atoms with Gasteiger partial charge in [-0.3, -0.25) is 0 Å². The molecule has 1 heterocycles. The molecule has 5 nitrogen and oxygen atoms in total. The second-order valence-electron chi connectivity index (χ2n) is 8.21. The average molecular weight is 384 g/mol. The molecule has 4 rings (SSSR count). The van der Waals surface area contributed by atoms with Crippen molar-refractivity contribution in [3.05, 3.63) is 41.5 Å². The average Bonchev–Trinajstić information content (AvgIpc) is 2.94. The zero-order valence-corrected chi connectivity index (χ0v) is 16.7. The number of hydrogen-bond acceptors (Lipinski definition) is 5. The molecule has 2 aromatic rings. The van der Waals surface area contributed by atoms with Gasteiger partial charge in [0.15, 0.2) is 17.3 Å². The largest absolute Gasteiger partial charge is 0.507 e. The molecule has 2 atom stereocenters. The first-order chi connectivity index (χ1) is 13.4. The van der Waals surface area contributed by atoms with Gasteiger partial charge in [-0.15, -0.1) is 0 Å². The number of ether oxygens (including phenoxy) is 3. The van der Waals surface area contributed by atoms with E-state index < -0.39 is 5.79 Å². The minimum absolute atomic E-state index is 0.0283. The van der Waals surface area contributed by atoms with Crippen molar-refractivity contribution in [2.45, 2.75) is 63.9 Å². The molecule has 2 aliphatic rings. The highest BCUT2D eigenvalue weighted by Gasteiger charge is 2.40. The van der Waals surface area contributed by atoms with Crippen molar-refractivity contribution in [3.63, 3.8) is 0 Å². The highest BCUT2D eigenvalue weighted by molar-refractivity contribution is 5.79. The van der Waals surface area contributed by atoms with Gasteiger partial charge in [-0.05, 0) is 68.5 Å². The molecule has 1 aliphatic carbocycles.